The number of fused-ring (bicyclic) bond motifs is 1. The molecular weight excluding hydrogens is 288 g/mol. The first-order valence-electron chi connectivity index (χ1n) is 6.91. The lowest BCUT2D eigenvalue weighted by Gasteiger charge is -2.12. The average Bonchev–Trinajstić information content (AvgIpc) is 3.11. The maximum atomic E-state index is 12.4. The molecule has 3 N–H and O–H groups in total. The second-order valence-corrected chi connectivity index (χ2v) is 6.15. The van der Waals surface area contributed by atoms with E-state index in [1.807, 2.05) is 0 Å². The predicted molar refractivity (Wildman–Crippen MR) is 79.4 cm³/mol. The Morgan fingerprint density at radius 1 is 1.33 bits per heavy atom. The number of hydrogen-bond donors (Lipinski definition) is 2. The molecule has 2 amide bonds. The number of furan rings is 1. The van der Waals surface area contributed by atoms with Gasteiger partial charge < -0.3 is 15.5 Å². The van der Waals surface area contributed by atoms with E-state index in [1.165, 1.54) is 11.3 Å². The monoisotopic (exact) mass is 304 g/mol. The summed E-state index contributed by atoms with van der Waals surface area (Å²) in [6.45, 7) is 0.300. The molecular formula is C15H16N2O3S. The number of thiophene rings is 1. The highest BCUT2D eigenvalue weighted by Gasteiger charge is 2.27. The number of nitrogens with two attached hydrogens (primary N) is 1. The zero-order valence-corrected chi connectivity index (χ0v) is 12.3. The Kier molecular flexibility index (Phi) is 3.79. The zero-order chi connectivity index (χ0) is 14.8. The molecule has 3 rings (SSSR count). The molecule has 0 saturated carbocycles. The topological polar surface area (TPSA) is 85.3 Å². The van der Waals surface area contributed by atoms with Crippen LogP contribution in [0.25, 0.3) is 0 Å². The standard InChI is InChI=1S/C15H16N2O3S/c16-14(18)13-12(10-5-1-2-6-11(10)21-13)15(19)17-8-9-4-3-7-20-9/h3-4,7H,1-2,5-6,8H2,(H2,16,18)(H,17,19). The van der Waals surface area contributed by atoms with Gasteiger partial charge >= 0.3 is 0 Å². The van der Waals surface area contributed by atoms with E-state index >= 15 is 0 Å². The van der Waals surface area contributed by atoms with Gasteiger partial charge in [-0.25, -0.2) is 0 Å². The maximum absolute atomic E-state index is 12.4. The van der Waals surface area contributed by atoms with Gasteiger partial charge in [-0.1, -0.05) is 0 Å². The molecule has 2 aromatic rings. The highest BCUT2D eigenvalue weighted by Crippen LogP contribution is 2.34. The molecule has 110 valence electrons. The third kappa shape index (κ3) is 2.71. The van der Waals surface area contributed by atoms with E-state index < -0.39 is 5.91 Å². The highest BCUT2D eigenvalue weighted by atomic mass is 32.1. The lowest BCUT2D eigenvalue weighted by Crippen LogP contribution is -2.26. The fraction of sp³-hybridized carbons (Fsp3) is 0.333. The SMILES string of the molecule is NC(=O)c1sc2c(c1C(=O)NCc1ccco1)CCCC2. The molecule has 0 aromatic carbocycles. The molecule has 0 fully saturated rings. The van der Waals surface area contributed by atoms with Gasteiger partial charge in [-0.2, -0.15) is 0 Å². The lowest BCUT2D eigenvalue weighted by atomic mass is 9.94. The fourth-order valence-electron chi connectivity index (χ4n) is 2.65. The zero-order valence-electron chi connectivity index (χ0n) is 11.5. The van der Waals surface area contributed by atoms with Crippen LogP contribution in [0, 0.1) is 0 Å². The van der Waals surface area contributed by atoms with Gasteiger partial charge in [0, 0.05) is 4.88 Å². The van der Waals surface area contributed by atoms with E-state index in [-0.39, 0.29) is 5.91 Å². The number of carbonyl (C=O) groups is 2. The molecule has 0 aliphatic heterocycles. The molecule has 0 unspecified atom stereocenters. The van der Waals surface area contributed by atoms with Crippen molar-refractivity contribution in [2.45, 2.75) is 32.2 Å². The first-order chi connectivity index (χ1) is 10.2. The Morgan fingerprint density at radius 3 is 2.86 bits per heavy atom. The molecule has 5 nitrogen and oxygen atoms in total. The molecule has 1 aliphatic rings. The van der Waals surface area contributed by atoms with Crippen molar-refractivity contribution in [2.24, 2.45) is 5.73 Å². The van der Waals surface area contributed by atoms with Crippen LogP contribution in [0.5, 0.6) is 0 Å². The van der Waals surface area contributed by atoms with E-state index in [1.54, 1.807) is 18.4 Å². The van der Waals surface area contributed by atoms with Crippen molar-refractivity contribution in [3.63, 3.8) is 0 Å². The minimum Gasteiger partial charge on any atom is -0.467 e. The quantitative estimate of drug-likeness (QED) is 0.908. The van der Waals surface area contributed by atoms with Crippen LogP contribution in [0.3, 0.4) is 0 Å². The summed E-state index contributed by atoms with van der Waals surface area (Å²) in [6.07, 6.45) is 5.46. The molecule has 21 heavy (non-hydrogen) atoms. The Morgan fingerprint density at radius 2 is 2.14 bits per heavy atom. The summed E-state index contributed by atoms with van der Waals surface area (Å²) in [5.74, 6) is -0.106. The molecule has 0 bridgehead atoms. The first kappa shape index (κ1) is 13.9. The number of hydrogen-bond acceptors (Lipinski definition) is 4. The smallest absolute Gasteiger partial charge is 0.259 e. The number of rotatable bonds is 4. The summed E-state index contributed by atoms with van der Waals surface area (Å²) in [4.78, 5) is 25.6. The van der Waals surface area contributed by atoms with Crippen molar-refractivity contribution in [1.82, 2.24) is 5.32 Å². The predicted octanol–water partition coefficient (Wildman–Crippen LogP) is 2.25. The van der Waals surface area contributed by atoms with Gasteiger partial charge in [0.2, 0.25) is 0 Å². The minimum atomic E-state index is -0.530. The van der Waals surface area contributed by atoms with Crippen LogP contribution in [0.4, 0.5) is 0 Å². The van der Waals surface area contributed by atoms with Crippen molar-refractivity contribution >= 4 is 23.2 Å². The van der Waals surface area contributed by atoms with Gasteiger partial charge in [0.1, 0.15) is 10.6 Å². The van der Waals surface area contributed by atoms with E-state index in [0.29, 0.717) is 22.7 Å². The van der Waals surface area contributed by atoms with Crippen LogP contribution in [-0.2, 0) is 19.4 Å². The van der Waals surface area contributed by atoms with Crippen LogP contribution in [0.15, 0.2) is 22.8 Å². The van der Waals surface area contributed by atoms with Crippen LogP contribution < -0.4 is 11.1 Å². The maximum Gasteiger partial charge on any atom is 0.259 e. The van der Waals surface area contributed by atoms with Crippen molar-refractivity contribution in [3.05, 3.63) is 45.0 Å². The second kappa shape index (κ2) is 5.73. The number of nitrogens with one attached hydrogen (secondary N) is 1. The molecule has 0 radical (unpaired) electrons. The van der Waals surface area contributed by atoms with Gasteiger partial charge in [0.25, 0.3) is 11.8 Å². The Hall–Kier alpha value is -2.08. The number of amides is 2. The summed E-state index contributed by atoms with van der Waals surface area (Å²) in [6, 6.07) is 3.56. The third-order valence-corrected chi connectivity index (χ3v) is 4.93. The van der Waals surface area contributed by atoms with E-state index in [2.05, 4.69) is 5.32 Å². The molecule has 0 saturated heterocycles. The van der Waals surface area contributed by atoms with Crippen LogP contribution >= 0.6 is 11.3 Å². The van der Waals surface area contributed by atoms with Crippen molar-refractivity contribution < 1.29 is 14.0 Å². The minimum absolute atomic E-state index is 0.250. The largest absolute Gasteiger partial charge is 0.467 e. The lowest BCUT2D eigenvalue weighted by molar-refractivity contribution is 0.0932. The van der Waals surface area contributed by atoms with Crippen LogP contribution in [-0.4, -0.2) is 11.8 Å². The Balaban J connectivity index is 1.87. The van der Waals surface area contributed by atoms with Gasteiger partial charge in [-0.05, 0) is 43.4 Å². The van der Waals surface area contributed by atoms with Crippen molar-refractivity contribution in [1.29, 1.82) is 0 Å². The summed E-state index contributed by atoms with van der Waals surface area (Å²) in [7, 11) is 0. The third-order valence-electron chi connectivity index (χ3n) is 3.63. The molecule has 0 atom stereocenters. The number of aryl methyl sites for hydroxylation is 1. The van der Waals surface area contributed by atoms with E-state index in [4.69, 9.17) is 10.2 Å². The average molecular weight is 304 g/mol. The summed E-state index contributed by atoms with van der Waals surface area (Å²) in [5, 5.41) is 2.80. The number of carbonyl (C=O) groups excluding carboxylic acids is 2. The summed E-state index contributed by atoms with van der Waals surface area (Å²) < 4.78 is 5.19. The van der Waals surface area contributed by atoms with Crippen molar-refractivity contribution in [2.75, 3.05) is 0 Å². The first-order valence-corrected chi connectivity index (χ1v) is 7.73. The van der Waals surface area contributed by atoms with Gasteiger partial charge in [0.15, 0.2) is 0 Å². The molecule has 2 aromatic heterocycles. The molecule has 2 heterocycles. The summed E-state index contributed by atoms with van der Waals surface area (Å²) >= 11 is 1.36. The summed E-state index contributed by atoms with van der Waals surface area (Å²) in [5.41, 5.74) is 6.89. The van der Waals surface area contributed by atoms with E-state index in [0.717, 1.165) is 36.1 Å². The molecule has 0 spiro atoms. The van der Waals surface area contributed by atoms with Gasteiger partial charge in [-0.3, -0.25) is 9.59 Å². The number of primary amides is 1. The fourth-order valence-corrected chi connectivity index (χ4v) is 3.89. The normalized spacial score (nSPS) is 13.7. The molecule has 6 heteroatoms. The van der Waals surface area contributed by atoms with Crippen LogP contribution in [0.2, 0.25) is 0 Å². The van der Waals surface area contributed by atoms with Gasteiger partial charge in [-0.15, -0.1) is 11.3 Å². The Labute approximate surface area is 126 Å². The van der Waals surface area contributed by atoms with Crippen molar-refractivity contribution in [3.8, 4) is 0 Å². The van der Waals surface area contributed by atoms with Crippen LogP contribution in [0.1, 0.15) is 49.1 Å². The molecule has 1 aliphatic carbocycles. The highest BCUT2D eigenvalue weighted by molar-refractivity contribution is 7.14. The second-order valence-electron chi connectivity index (χ2n) is 5.04. The Bertz CT molecular complexity index is 673. The van der Waals surface area contributed by atoms with E-state index in [9.17, 15) is 9.59 Å². The van der Waals surface area contributed by atoms with Gasteiger partial charge in [0.05, 0.1) is 18.4 Å².